The Labute approximate surface area is 171 Å². The lowest BCUT2D eigenvalue weighted by molar-refractivity contribution is 0.0695. The third-order valence-electron chi connectivity index (χ3n) is 4.51. The first kappa shape index (κ1) is 17.9. The van der Waals surface area contributed by atoms with E-state index in [0.717, 1.165) is 0 Å². The summed E-state index contributed by atoms with van der Waals surface area (Å²) in [5, 5.41) is 29.7. The number of aromatic hydroxyl groups is 2. The van der Waals surface area contributed by atoms with E-state index in [0.29, 0.717) is 37.1 Å². The fraction of sp³-hybridized carbons (Fsp3) is 0.0500. The number of aromatic carboxylic acids is 1. The zero-order chi connectivity index (χ0) is 19.3. The van der Waals surface area contributed by atoms with Crippen LogP contribution >= 0.6 is 31.9 Å². The molecule has 1 atom stereocenters. The number of carboxylic acids is 1. The number of ether oxygens (including phenoxy) is 1. The smallest absolute Gasteiger partial charge is 0.335 e. The minimum Gasteiger partial charge on any atom is -0.508 e. The SMILES string of the molecule is O=C(O)c1ccccc1C1c2ccc(O)cc2Oc2cc(O)c(Br)c(Br)c21. The molecule has 27 heavy (non-hydrogen) atoms. The second kappa shape index (κ2) is 6.58. The van der Waals surface area contributed by atoms with Gasteiger partial charge < -0.3 is 20.1 Å². The molecule has 0 aliphatic carbocycles. The van der Waals surface area contributed by atoms with Crippen molar-refractivity contribution in [2.75, 3.05) is 0 Å². The van der Waals surface area contributed by atoms with Crippen LogP contribution in [0.1, 0.15) is 33.0 Å². The molecule has 0 aromatic heterocycles. The highest BCUT2D eigenvalue weighted by molar-refractivity contribution is 9.13. The second-order valence-electron chi connectivity index (χ2n) is 6.09. The van der Waals surface area contributed by atoms with Gasteiger partial charge in [0.1, 0.15) is 23.0 Å². The Kier molecular flexibility index (Phi) is 4.36. The summed E-state index contributed by atoms with van der Waals surface area (Å²) in [5.74, 6) is -0.708. The predicted molar refractivity (Wildman–Crippen MR) is 106 cm³/mol. The molecule has 0 saturated carbocycles. The number of carbonyl (C=O) groups is 1. The summed E-state index contributed by atoms with van der Waals surface area (Å²) in [5.41, 5.74) is 2.16. The van der Waals surface area contributed by atoms with Crippen molar-refractivity contribution in [1.82, 2.24) is 0 Å². The van der Waals surface area contributed by atoms with Crippen molar-refractivity contribution in [1.29, 1.82) is 0 Å². The fourth-order valence-corrected chi connectivity index (χ4v) is 4.30. The van der Waals surface area contributed by atoms with Crippen LogP contribution in [0, 0.1) is 0 Å². The number of phenolic OH excluding ortho intramolecular Hbond substituents is 2. The Balaban J connectivity index is 2.08. The van der Waals surface area contributed by atoms with Crippen LogP contribution in [-0.4, -0.2) is 21.3 Å². The van der Waals surface area contributed by atoms with Gasteiger partial charge in [0.05, 0.1) is 10.0 Å². The number of carboxylic acid groups (broad SMARTS) is 1. The maximum Gasteiger partial charge on any atom is 0.335 e. The van der Waals surface area contributed by atoms with Crippen LogP contribution in [0.3, 0.4) is 0 Å². The molecule has 0 bridgehead atoms. The second-order valence-corrected chi connectivity index (χ2v) is 7.67. The van der Waals surface area contributed by atoms with Gasteiger partial charge in [-0.3, -0.25) is 0 Å². The molecule has 136 valence electrons. The molecule has 3 aromatic rings. The Hall–Kier alpha value is -2.51. The highest BCUT2D eigenvalue weighted by Gasteiger charge is 2.34. The summed E-state index contributed by atoms with van der Waals surface area (Å²) in [6, 6.07) is 12.9. The van der Waals surface area contributed by atoms with Gasteiger partial charge in [-0.15, -0.1) is 0 Å². The largest absolute Gasteiger partial charge is 0.508 e. The summed E-state index contributed by atoms with van der Waals surface area (Å²) in [7, 11) is 0. The van der Waals surface area contributed by atoms with E-state index in [2.05, 4.69) is 31.9 Å². The van der Waals surface area contributed by atoms with E-state index < -0.39 is 11.9 Å². The number of hydrogen-bond acceptors (Lipinski definition) is 4. The van der Waals surface area contributed by atoms with E-state index in [1.54, 1.807) is 30.3 Å². The Morgan fingerprint density at radius 3 is 2.41 bits per heavy atom. The number of hydrogen-bond donors (Lipinski definition) is 3. The summed E-state index contributed by atoms with van der Waals surface area (Å²) >= 11 is 6.85. The Morgan fingerprint density at radius 1 is 0.926 bits per heavy atom. The minimum atomic E-state index is -1.03. The van der Waals surface area contributed by atoms with E-state index in [1.165, 1.54) is 18.2 Å². The predicted octanol–water partition coefficient (Wildman–Crippen LogP) is 5.61. The van der Waals surface area contributed by atoms with Crippen molar-refractivity contribution >= 4 is 37.8 Å². The average Bonchev–Trinajstić information content (AvgIpc) is 2.64. The summed E-state index contributed by atoms with van der Waals surface area (Å²) in [4.78, 5) is 11.8. The van der Waals surface area contributed by atoms with E-state index in [9.17, 15) is 20.1 Å². The van der Waals surface area contributed by atoms with Crippen LogP contribution in [0.5, 0.6) is 23.0 Å². The normalized spacial score (nSPS) is 14.8. The molecule has 7 heteroatoms. The standard InChI is InChI=1S/C20H12Br2O5/c21-18-13(24)8-15-17(19(18)22)16(10-3-1-2-4-11(10)20(25)26)12-6-5-9(23)7-14(12)27-15/h1-8,16,23-24H,(H,25,26). The van der Waals surface area contributed by atoms with Crippen LogP contribution in [-0.2, 0) is 0 Å². The van der Waals surface area contributed by atoms with Gasteiger partial charge >= 0.3 is 5.97 Å². The van der Waals surface area contributed by atoms with Crippen LogP contribution in [0.15, 0.2) is 57.5 Å². The topological polar surface area (TPSA) is 87.0 Å². The molecule has 0 amide bonds. The molecule has 1 aliphatic heterocycles. The van der Waals surface area contributed by atoms with Crippen molar-refractivity contribution in [2.24, 2.45) is 0 Å². The minimum absolute atomic E-state index is 0.0190. The monoisotopic (exact) mass is 490 g/mol. The van der Waals surface area contributed by atoms with E-state index in [-0.39, 0.29) is 17.1 Å². The molecule has 0 spiro atoms. The van der Waals surface area contributed by atoms with Crippen molar-refractivity contribution in [2.45, 2.75) is 5.92 Å². The molecule has 5 nitrogen and oxygen atoms in total. The average molecular weight is 492 g/mol. The van der Waals surface area contributed by atoms with Crippen LogP contribution < -0.4 is 4.74 Å². The van der Waals surface area contributed by atoms with E-state index in [1.807, 2.05) is 0 Å². The number of rotatable bonds is 2. The van der Waals surface area contributed by atoms with Crippen LogP contribution in [0.2, 0.25) is 0 Å². The van der Waals surface area contributed by atoms with Gasteiger partial charge in [0.2, 0.25) is 0 Å². The number of halogens is 2. The molecule has 1 unspecified atom stereocenters. The van der Waals surface area contributed by atoms with E-state index in [4.69, 9.17) is 4.74 Å². The molecule has 3 N–H and O–H groups in total. The number of phenols is 2. The van der Waals surface area contributed by atoms with Crippen molar-refractivity contribution in [3.8, 4) is 23.0 Å². The van der Waals surface area contributed by atoms with Gasteiger partial charge in [0.25, 0.3) is 0 Å². The first-order valence-electron chi connectivity index (χ1n) is 7.92. The van der Waals surface area contributed by atoms with Gasteiger partial charge in [-0.2, -0.15) is 0 Å². The maximum atomic E-state index is 11.8. The highest BCUT2D eigenvalue weighted by Crippen LogP contribution is 2.54. The van der Waals surface area contributed by atoms with Gasteiger partial charge in [-0.25, -0.2) is 4.79 Å². The van der Waals surface area contributed by atoms with E-state index >= 15 is 0 Å². The Morgan fingerprint density at radius 2 is 1.67 bits per heavy atom. The summed E-state index contributed by atoms with van der Waals surface area (Å²) in [6.07, 6.45) is 0. The van der Waals surface area contributed by atoms with Gasteiger partial charge in [-0.05, 0) is 49.6 Å². The van der Waals surface area contributed by atoms with Gasteiger partial charge in [0.15, 0.2) is 0 Å². The van der Waals surface area contributed by atoms with Crippen LogP contribution in [0.4, 0.5) is 0 Å². The van der Waals surface area contributed by atoms with Gasteiger partial charge in [-0.1, -0.05) is 24.3 Å². The molecule has 4 rings (SSSR count). The molecular weight excluding hydrogens is 480 g/mol. The lowest BCUT2D eigenvalue weighted by Gasteiger charge is -2.31. The molecule has 0 fully saturated rings. The fourth-order valence-electron chi connectivity index (χ4n) is 3.35. The first-order chi connectivity index (χ1) is 12.9. The van der Waals surface area contributed by atoms with Crippen molar-refractivity contribution in [3.05, 3.63) is 79.7 Å². The molecule has 0 radical (unpaired) electrons. The van der Waals surface area contributed by atoms with Gasteiger partial charge in [0, 0.05) is 33.7 Å². The molecular formula is C20H12Br2O5. The lowest BCUT2D eigenvalue weighted by Crippen LogP contribution is -2.16. The molecule has 1 heterocycles. The molecule has 3 aromatic carbocycles. The maximum absolute atomic E-state index is 11.8. The van der Waals surface area contributed by atoms with Crippen LogP contribution in [0.25, 0.3) is 0 Å². The highest BCUT2D eigenvalue weighted by atomic mass is 79.9. The number of benzene rings is 3. The van der Waals surface area contributed by atoms with Crippen molar-refractivity contribution < 1.29 is 24.9 Å². The first-order valence-corrected chi connectivity index (χ1v) is 9.51. The quantitative estimate of drug-likeness (QED) is 0.339. The lowest BCUT2D eigenvalue weighted by atomic mass is 9.80. The molecule has 1 aliphatic rings. The zero-order valence-corrected chi connectivity index (χ0v) is 16.8. The third-order valence-corrected chi connectivity index (χ3v) is 6.66. The summed E-state index contributed by atoms with van der Waals surface area (Å²) in [6.45, 7) is 0. The number of fused-ring (bicyclic) bond motifs is 2. The third kappa shape index (κ3) is 2.87. The summed E-state index contributed by atoms with van der Waals surface area (Å²) < 4.78 is 6.93. The zero-order valence-electron chi connectivity index (χ0n) is 13.6. The molecule has 0 saturated heterocycles. The van der Waals surface area contributed by atoms with Crippen molar-refractivity contribution in [3.63, 3.8) is 0 Å². The Bertz CT molecular complexity index is 1090.